The first kappa shape index (κ1) is 14.7. The number of aromatic nitrogens is 3. The van der Waals surface area contributed by atoms with E-state index in [0.29, 0.717) is 17.6 Å². The lowest BCUT2D eigenvalue weighted by Crippen LogP contribution is -2.44. The van der Waals surface area contributed by atoms with E-state index in [4.69, 9.17) is 14.7 Å². The molecule has 3 aromatic rings. The molecule has 0 atom stereocenters. The van der Waals surface area contributed by atoms with Gasteiger partial charge in [0.15, 0.2) is 11.4 Å². The highest BCUT2D eigenvalue weighted by Gasteiger charge is 2.38. The van der Waals surface area contributed by atoms with Crippen molar-refractivity contribution in [3.8, 4) is 0 Å². The third kappa shape index (κ3) is 2.51. The third-order valence-electron chi connectivity index (χ3n) is 3.81. The molecule has 1 aromatic carbocycles. The molecule has 114 valence electrons. The second kappa shape index (κ2) is 5.55. The summed E-state index contributed by atoms with van der Waals surface area (Å²) in [5.41, 5.74) is 7.31. The molecule has 0 aliphatic heterocycles. The van der Waals surface area contributed by atoms with Crippen LogP contribution in [0.1, 0.15) is 36.9 Å². The molecule has 1 fully saturated rings. The standard InChI is InChI=1S/C15H14N4O2.ClH/c16-15(8-3-9-15)14-18-13(21-19-14)7-6-12-17-10-4-1-2-5-11(10)20-12;/h1-2,4-7H,3,8-9,16H2;1H/b7-6+;. The third-order valence-corrected chi connectivity index (χ3v) is 3.81. The maximum Gasteiger partial charge on any atom is 0.250 e. The van der Waals surface area contributed by atoms with Crippen molar-refractivity contribution in [1.29, 1.82) is 0 Å². The Bertz CT molecular complexity index is 787. The Kier molecular flexibility index (Phi) is 3.72. The predicted molar refractivity (Wildman–Crippen MR) is 84.2 cm³/mol. The molecular weight excluding hydrogens is 304 g/mol. The van der Waals surface area contributed by atoms with Crippen LogP contribution in [0.25, 0.3) is 23.3 Å². The quantitative estimate of drug-likeness (QED) is 0.797. The Morgan fingerprint density at radius 1 is 1.09 bits per heavy atom. The van der Waals surface area contributed by atoms with Crippen LogP contribution in [-0.2, 0) is 5.54 Å². The molecule has 6 nitrogen and oxygen atoms in total. The predicted octanol–water partition coefficient (Wildman–Crippen LogP) is 3.14. The zero-order valence-corrected chi connectivity index (χ0v) is 12.5. The molecule has 1 aliphatic rings. The van der Waals surface area contributed by atoms with Crippen molar-refractivity contribution in [3.05, 3.63) is 41.9 Å². The van der Waals surface area contributed by atoms with Gasteiger partial charge in [0.05, 0.1) is 5.54 Å². The topological polar surface area (TPSA) is 91.0 Å². The summed E-state index contributed by atoms with van der Waals surface area (Å²) in [6, 6.07) is 7.60. The molecule has 1 aliphatic carbocycles. The Hall–Kier alpha value is -2.18. The minimum atomic E-state index is -0.410. The summed E-state index contributed by atoms with van der Waals surface area (Å²) in [5, 5.41) is 3.95. The van der Waals surface area contributed by atoms with E-state index in [1.54, 1.807) is 12.2 Å². The lowest BCUT2D eigenvalue weighted by atomic mass is 9.77. The first-order valence-electron chi connectivity index (χ1n) is 6.90. The minimum absolute atomic E-state index is 0. The van der Waals surface area contributed by atoms with Crippen molar-refractivity contribution in [2.75, 3.05) is 0 Å². The second-order valence-electron chi connectivity index (χ2n) is 5.32. The van der Waals surface area contributed by atoms with Crippen molar-refractivity contribution in [2.24, 2.45) is 5.73 Å². The van der Waals surface area contributed by atoms with Crippen molar-refractivity contribution in [1.82, 2.24) is 15.1 Å². The number of nitrogens with zero attached hydrogens (tertiary/aromatic N) is 3. The molecule has 0 saturated heterocycles. The van der Waals surface area contributed by atoms with E-state index >= 15 is 0 Å². The van der Waals surface area contributed by atoms with Gasteiger partial charge in [-0.3, -0.25) is 0 Å². The number of fused-ring (bicyclic) bond motifs is 1. The van der Waals surface area contributed by atoms with Crippen LogP contribution in [0.3, 0.4) is 0 Å². The summed E-state index contributed by atoms with van der Waals surface area (Å²) in [7, 11) is 0. The van der Waals surface area contributed by atoms with E-state index in [1.807, 2.05) is 24.3 Å². The molecule has 2 aromatic heterocycles. The Labute approximate surface area is 132 Å². The van der Waals surface area contributed by atoms with Crippen LogP contribution in [0, 0.1) is 0 Å². The second-order valence-corrected chi connectivity index (χ2v) is 5.32. The van der Waals surface area contributed by atoms with Gasteiger partial charge in [0.1, 0.15) is 5.52 Å². The number of para-hydroxylation sites is 2. The van der Waals surface area contributed by atoms with Crippen molar-refractivity contribution in [3.63, 3.8) is 0 Å². The SMILES string of the molecule is Cl.NC1(c2noc(/C=C/c3nc4ccccc4o3)n2)CCC1. The molecule has 2 heterocycles. The van der Waals surface area contributed by atoms with Crippen molar-refractivity contribution in [2.45, 2.75) is 24.8 Å². The van der Waals surface area contributed by atoms with Gasteiger partial charge in [-0.2, -0.15) is 4.98 Å². The molecule has 1 saturated carbocycles. The van der Waals surface area contributed by atoms with Gasteiger partial charge >= 0.3 is 0 Å². The van der Waals surface area contributed by atoms with Crippen molar-refractivity contribution >= 4 is 35.7 Å². The largest absolute Gasteiger partial charge is 0.437 e. The summed E-state index contributed by atoms with van der Waals surface area (Å²) in [6.45, 7) is 0. The van der Waals surface area contributed by atoms with Crippen LogP contribution in [0.4, 0.5) is 0 Å². The van der Waals surface area contributed by atoms with Crippen LogP contribution >= 0.6 is 12.4 Å². The number of halogens is 1. The Balaban J connectivity index is 0.00000144. The van der Waals surface area contributed by atoms with Crippen LogP contribution in [0.15, 0.2) is 33.2 Å². The number of oxazole rings is 1. The minimum Gasteiger partial charge on any atom is -0.437 e. The van der Waals surface area contributed by atoms with Gasteiger partial charge in [-0.15, -0.1) is 12.4 Å². The van der Waals surface area contributed by atoms with Crippen LogP contribution in [0.2, 0.25) is 0 Å². The van der Waals surface area contributed by atoms with Gasteiger partial charge in [0.25, 0.3) is 5.89 Å². The molecule has 4 rings (SSSR count). The lowest BCUT2D eigenvalue weighted by molar-refractivity contribution is 0.229. The molecule has 0 radical (unpaired) electrons. The number of rotatable bonds is 3. The number of nitrogens with two attached hydrogens (primary N) is 1. The number of hydrogen-bond donors (Lipinski definition) is 1. The fourth-order valence-electron chi connectivity index (χ4n) is 2.39. The summed E-state index contributed by atoms with van der Waals surface area (Å²) >= 11 is 0. The normalized spacial score (nSPS) is 16.6. The molecular formula is C15H15ClN4O2. The van der Waals surface area contributed by atoms with Gasteiger partial charge in [0.2, 0.25) is 5.89 Å². The zero-order valence-electron chi connectivity index (χ0n) is 11.7. The van der Waals surface area contributed by atoms with Gasteiger partial charge in [-0.05, 0) is 31.4 Å². The maximum atomic E-state index is 6.16. The summed E-state index contributed by atoms with van der Waals surface area (Å²) < 4.78 is 10.8. The van der Waals surface area contributed by atoms with Gasteiger partial charge in [-0.1, -0.05) is 17.3 Å². The monoisotopic (exact) mass is 318 g/mol. The number of hydrogen-bond acceptors (Lipinski definition) is 6. The smallest absolute Gasteiger partial charge is 0.250 e. The average Bonchev–Trinajstić information content (AvgIpc) is 3.09. The molecule has 0 spiro atoms. The zero-order chi connectivity index (χ0) is 14.3. The fraction of sp³-hybridized carbons (Fsp3) is 0.267. The first-order valence-corrected chi connectivity index (χ1v) is 6.90. The lowest BCUT2D eigenvalue weighted by Gasteiger charge is -2.34. The van der Waals surface area contributed by atoms with Gasteiger partial charge < -0.3 is 14.7 Å². The maximum absolute atomic E-state index is 6.16. The Morgan fingerprint density at radius 2 is 1.86 bits per heavy atom. The van der Waals surface area contributed by atoms with Gasteiger partial charge in [-0.25, -0.2) is 4.98 Å². The molecule has 0 bridgehead atoms. The molecule has 22 heavy (non-hydrogen) atoms. The van der Waals surface area contributed by atoms with Crippen LogP contribution in [-0.4, -0.2) is 15.1 Å². The summed E-state index contributed by atoms with van der Waals surface area (Å²) in [5.74, 6) is 1.48. The van der Waals surface area contributed by atoms with E-state index in [9.17, 15) is 0 Å². The van der Waals surface area contributed by atoms with E-state index in [1.165, 1.54) is 0 Å². The molecule has 0 amide bonds. The summed E-state index contributed by atoms with van der Waals surface area (Å²) in [4.78, 5) is 8.66. The average molecular weight is 319 g/mol. The highest BCUT2D eigenvalue weighted by atomic mass is 35.5. The molecule has 7 heteroatoms. The fourth-order valence-corrected chi connectivity index (χ4v) is 2.39. The van der Waals surface area contributed by atoms with Gasteiger partial charge in [0, 0.05) is 12.2 Å². The van der Waals surface area contributed by atoms with E-state index in [2.05, 4.69) is 15.1 Å². The highest BCUT2D eigenvalue weighted by molar-refractivity contribution is 5.85. The number of benzene rings is 1. The van der Waals surface area contributed by atoms with Crippen molar-refractivity contribution < 1.29 is 8.94 Å². The van der Waals surface area contributed by atoms with Crippen LogP contribution < -0.4 is 5.73 Å². The van der Waals surface area contributed by atoms with Crippen LogP contribution in [0.5, 0.6) is 0 Å². The first-order chi connectivity index (χ1) is 10.2. The highest BCUT2D eigenvalue weighted by Crippen LogP contribution is 2.36. The van der Waals surface area contributed by atoms with E-state index in [0.717, 1.165) is 30.4 Å². The molecule has 2 N–H and O–H groups in total. The Morgan fingerprint density at radius 3 is 2.59 bits per heavy atom. The summed E-state index contributed by atoms with van der Waals surface area (Å²) in [6.07, 6.45) is 6.31. The van der Waals surface area contributed by atoms with E-state index < -0.39 is 5.54 Å². The molecule has 0 unspecified atom stereocenters. The van der Waals surface area contributed by atoms with E-state index in [-0.39, 0.29) is 12.4 Å².